The Morgan fingerprint density at radius 3 is 0.455 bits per heavy atom. The molecule has 0 nitrogen and oxygen atoms in total. The zero-order valence-electron chi connectivity index (χ0n) is 24.2. The molecule has 10 aromatic carbocycles. The number of benzene rings is 10. The smallest absolute Gasteiger partial charge is 0.00923 e. The molecule has 10 rings (SSSR count). The van der Waals surface area contributed by atoms with Crippen molar-refractivity contribution in [2.45, 2.75) is 0 Å². The maximum Gasteiger partial charge on any atom is -0.00923 e. The first-order valence-corrected chi connectivity index (χ1v) is 15.3. The largest absolute Gasteiger partial charge is 0.0616 e. The molecule has 0 unspecified atom stereocenters. The first kappa shape index (κ1) is 24.8. The summed E-state index contributed by atoms with van der Waals surface area (Å²) in [7, 11) is 0. The predicted octanol–water partition coefficient (Wildman–Crippen LogP) is 12.6. The monoisotopic (exact) mass is 556 g/mol. The fraction of sp³-hybridized carbons (Fsp3) is 0. The van der Waals surface area contributed by atoms with Gasteiger partial charge >= 0.3 is 0 Å². The Kier molecular flexibility index (Phi) is 5.61. The molecular weight excluding hydrogens is 528 g/mol. The van der Waals surface area contributed by atoms with Crippen molar-refractivity contribution in [3.8, 4) is 0 Å². The molecule has 0 aliphatic heterocycles. The summed E-state index contributed by atoms with van der Waals surface area (Å²) in [5.74, 6) is 0. The van der Waals surface area contributed by atoms with Crippen LogP contribution in [0.4, 0.5) is 0 Å². The Balaban J connectivity index is 0.000000161. The van der Waals surface area contributed by atoms with Gasteiger partial charge in [-0.3, -0.25) is 0 Å². The minimum absolute atomic E-state index is 1.29. The van der Waals surface area contributed by atoms with Gasteiger partial charge in [-0.05, 0) is 135 Å². The van der Waals surface area contributed by atoms with Crippen LogP contribution in [0.5, 0.6) is 0 Å². The van der Waals surface area contributed by atoms with Gasteiger partial charge in [-0.15, -0.1) is 0 Å². The molecule has 0 aliphatic rings. The summed E-state index contributed by atoms with van der Waals surface area (Å²) in [6.45, 7) is 0. The summed E-state index contributed by atoms with van der Waals surface area (Å²) in [6.07, 6.45) is 0. The molecule has 204 valence electrons. The average molecular weight is 557 g/mol. The average Bonchev–Trinajstić information content (AvgIpc) is 3.09. The highest BCUT2D eigenvalue weighted by atomic mass is 14.2. The lowest BCUT2D eigenvalue weighted by Crippen LogP contribution is -1.86. The second-order valence-corrected chi connectivity index (χ2v) is 11.8. The highest BCUT2D eigenvalue weighted by Crippen LogP contribution is 2.40. The molecule has 10 aromatic rings. The van der Waals surface area contributed by atoms with Crippen LogP contribution >= 0.6 is 0 Å². The van der Waals surface area contributed by atoms with Crippen LogP contribution in [0.25, 0.3) is 86.2 Å². The Morgan fingerprint density at radius 2 is 0.295 bits per heavy atom. The van der Waals surface area contributed by atoms with Crippen LogP contribution in [-0.2, 0) is 0 Å². The number of rotatable bonds is 0. The fourth-order valence-corrected chi connectivity index (χ4v) is 6.94. The van der Waals surface area contributed by atoms with Crippen LogP contribution < -0.4 is 0 Å². The van der Waals surface area contributed by atoms with Gasteiger partial charge < -0.3 is 0 Å². The second-order valence-electron chi connectivity index (χ2n) is 11.8. The SMILES string of the molecule is c1ccc2cc3c(cc2c1)c1cc2ccccc2cc1c1cc2ccccc2cc31.c1ccc2cc3ccccc3cc2c1. The zero-order chi connectivity index (χ0) is 29.0. The minimum Gasteiger partial charge on any atom is -0.0616 e. The van der Waals surface area contributed by atoms with Crippen molar-refractivity contribution in [1.82, 2.24) is 0 Å². The highest BCUT2D eigenvalue weighted by molar-refractivity contribution is 6.30. The standard InChI is InChI=1S/C30H18.C14H10/c1-2-8-20-14-26-25(13-19(20)7-1)27-15-21-9-3-4-11-23(21)17-29(27)30-18-24-12-6-5-10-22(24)16-28(26)30;1-2-6-12-10-14-8-4-3-7-13(14)9-11(12)5-1/h1-18H;1-10H. The van der Waals surface area contributed by atoms with Crippen molar-refractivity contribution in [2.75, 3.05) is 0 Å². The van der Waals surface area contributed by atoms with Crippen LogP contribution in [0.1, 0.15) is 0 Å². The van der Waals surface area contributed by atoms with E-state index in [1.54, 1.807) is 0 Å². The van der Waals surface area contributed by atoms with Crippen molar-refractivity contribution in [3.05, 3.63) is 170 Å². The van der Waals surface area contributed by atoms with E-state index >= 15 is 0 Å². The molecule has 0 bridgehead atoms. The molecule has 0 fully saturated rings. The molecule has 0 heterocycles. The van der Waals surface area contributed by atoms with Gasteiger partial charge in [0, 0.05) is 0 Å². The van der Waals surface area contributed by atoms with Gasteiger partial charge in [0.1, 0.15) is 0 Å². The third kappa shape index (κ3) is 4.07. The van der Waals surface area contributed by atoms with Crippen molar-refractivity contribution >= 4 is 86.2 Å². The number of hydrogen-bond acceptors (Lipinski definition) is 0. The fourth-order valence-electron chi connectivity index (χ4n) is 6.94. The minimum atomic E-state index is 1.29. The van der Waals surface area contributed by atoms with Crippen LogP contribution in [-0.4, -0.2) is 0 Å². The third-order valence-corrected chi connectivity index (χ3v) is 9.14. The van der Waals surface area contributed by atoms with E-state index in [1.807, 2.05) is 0 Å². The zero-order valence-corrected chi connectivity index (χ0v) is 24.2. The lowest BCUT2D eigenvalue weighted by molar-refractivity contribution is 1.76. The van der Waals surface area contributed by atoms with Crippen molar-refractivity contribution in [3.63, 3.8) is 0 Å². The van der Waals surface area contributed by atoms with Crippen LogP contribution in [0.3, 0.4) is 0 Å². The van der Waals surface area contributed by atoms with E-state index in [-0.39, 0.29) is 0 Å². The van der Waals surface area contributed by atoms with Gasteiger partial charge in [-0.25, -0.2) is 0 Å². The molecule has 0 atom stereocenters. The van der Waals surface area contributed by atoms with Gasteiger partial charge in [0.15, 0.2) is 0 Å². The molecular formula is C44H28. The first-order valence-electron chi connectivity index (χ1n) is 15.3. The molecule has 0 spiro atoms. The van der Waals surface area contributed by atoms with E-state index in [1.165, 1.54) is 86.2 Å². The Hall–Kier alpha value is -5.72. The van der Waals surface area contributed by atoms with Crippen LogP contribution in [0, 0.1) is 0 Å². The molecule has 0 aromatic heterocycles. The summed E-state index contributed by atoms with van der Waals surface area (Å²) in [4.78, 5) is 0. The van der Waals surface area contributed by atoms with Crippen LogP contribution in [0.2, 0.25) is 0 Å². The molecule has 0 heteroatoms. The topological polar surface area (TPSA) is 0 Å². The van der Waals surface area contributed by atoms with Crippen molar-refractivity contribution in [1.29, 1.82) is 0 Å². The highest BCUT2D eigenvalue weighted by Gasteiger charge is 2.12. The van der Waals surface area contributed by atoms with Gasteiger partial charge in [-0.2, -0.15) is 0 Å². The molecule has 44 heavy (non-hydrogen) atoms. The summed E-state index contributed by atoms with van der Waals surface area (Å²) in [6, 6.07) is 61.7. The number of hydrogen-bond donors (Lipinski definition) is 0. The van der Waals surface area contributed by atoms with E-state index in [0.717, 1.165) is 0 Å². The Bertz CT molecular complexity index is 2230. The van der Waals surface area contributed by atoms with E-state index < -0.39 is 0 Å². The summed E-state index contributed by atoms with van der Waals surface area (Å²) >= 11 is 0. The van der Waals surface area contributed by atoms with E-state index in [2.05, 4.69) is 170 Å². The molecule has 0 N–H and O–H groups in total. The Morgan fingerprint density at radius 1 is 0.159 bits per heavy atom. The Labute approximate surface area is 255 Å². The predicted molar refractivity (Wildman–Crippen MR) is 193 cm³/mol. The van der Waals surface area contributed by atoms with Crippen molar-refractivity contribution in [2.24, 2.45) is 0 Å². The molecule has 0 radical (unpaired) electrons. The van der Waals surface area contributed by atoms with Gasteiger partial charge in [0.25, 0.3) is 0 Å². The molecule has 0 saturated carbocycles. The summed E-state index contributed by atoms with van der Waals surface area (Å²) in [5.41, 5.74) is 0. The first-order chi connectivity index (χ1) is 21.8. The normalized spacial score (nSPS) is 11.6. The van der Waals surface area contributed by atoms with Gasteiger partial charge in [-0.1, -0.05) is 121 Å². The van der Waals surface area contributed by atoms with Crippen LogP contribution in [0.15, 0.2) is 170 Å². The van der Waals surface area contributed by atoms with Gasteiger partial charge in [0.2, 0.25) is 0 Å². The van der Waals surface area contributed by atoms with Crippen molar-refractivity contribution < 1.29 is 0 Å². The third-order valence-electron chi connectivity index (χ3n) is 9.14. The lowest BCUT2D eigenvalue weighted by Gasteiger charge is -2.14. The summed E-state index contributed by atoms with van der Waals surface area (Å²) in [5, 5.41) is 21.0. The summed E-state index contributed by atoms with van der Waals surface area (Å²) < 4.78 is 0. The molecule has 0 amide bonds. The van der Waals surface area contributed by atoms with Gasteiger partial charge in [0.05, 0.1) is 0 Å². The molecule has 0 saturated heterocycles. The number of fused-ring (bicyclic) bond motifs is 11. The maximum atomic E-state index is 2.37. The van der Waals surface area contributed by atoms with E-state index in [0.29, 0.717) is 0 Å². The lowest BCUT2D eigenvalue weighted by atomic mass is 9.89. The molecule has 0 aliphatic carbocycles. The maximum absolute atomic E-state index is 2.37. The van der Waals surface area contributed by atoms with E-state index in [4.69, 9.17) is 0 Å². The quantitative estimate of drug-likeness (QED) is 0.129. The van der Waals surface area contributed by atoms with E-state index in [9.17, 15) is 0 Å². The second kappa shape index (κ2) is 9.93.